The van der Waals surface area contributed by atoms with E-state index in [0.29, 0.717) is 13.0 Å². The predicted molar refractivity (Wildman–Crippen MR) is 86.1 cm³/mol. The van der Waals surface area contributed by atoms with Gasteiger partial charge < -0.3 is 15.6 Å². The molecule has 0 atom stereocenters. The van der Waals surface area contributed by atoms with Crippen LogP contribution in [0.4, 0.5) is 0 Å². The third-order valence-electron chi connectivity index (χ3n) is 2.46. The summed E-state index contributed by atoms with van der Waals surface area (Å²) in [4.78, 5) is 0. The third-order valence-corrected chi connectivity index (χ3v) is 2.46. The molecule has 3 heteroatoms. The number of aliphatic hydroxyl groups is 1. The average molecular weight is 281 g/mol. The smallest absolute Gasteiger partial charge is 0.120 e. The summed E-state index contributed by atoms with van der Waals surface area (Å²) in [6.07, 6.45) is 1.51. The van der Waals surface area contributed by atoms with E-state index >= 15 is 0 Å². The molecule has 0 saturated carbocycles. The molecule has 0 saturated heterocycles. The van der Waals surface area contributed by atoms with Crippen molar-refractivity contribution in [1.29, 1.82) is 0 Å². The maximum Gasteiger partial charge on any atom is 0.120 e. The van der Waals surface area contributed by atoms with E-state index in [4.69, 9.17) is 15.6 Å². The molecule has 0 aromatic heterocycles. The van der Waals surface area contributed by atoms with Gasteiger partial charge in [-0.1, -0.05) is 32.9 Å². The first-order chi connectivity index (χ1) is 9.30. The van der Waals surface area contributed by atoms with E-state index in [1.54, 1.807) is 0 Å². The fourth-order valence-corrected chi connectivity index (χ4v) is 1.53. The van der Waals surface area contributed by atoms with Crippen molar-refractivity contribution in [2.75, 3.05) is 13.2 Å². The molecular weight excluding hydrogens is 250 g/mol. The van der Waals surface area contributed by atoms with Crippen LogP contribution in [-0.4, -0.2) is 23.9 Å². The fourth-order valence-electron chi connectivity index (χ4n) is 1.53. The minimum atomic E-state index is -0.329. The molecule has 0 unspecified atom stereocenters. The lowest BCUT2D eigenvalue weighted by molar-refractivity contribution is 0.0765. The van der Waals surface area contributed by atoms with Gasteiger partial charge in [0.25, 0.3) is 0 Å². The van der Waals surface area contributed by atoms with Gasteiger partial charge in [-0.15, -0.1) is 0 Å². The first-order valence-corrected chi connectivity index (χ1v) is 7.39. The highest BCUT2D eigenvalue weighted by molar-refractivity contribution is 5.28. The van der Waals surface area contributed by atoms with Crippen molar-refractivity contribution in [3.8, 4) is 5.75 Å². The molecule has 20 heavy (non-hydrogen) atoms. The number of nitrogens with two attached hydrogens (primary N) is 1. The van der Waals surface area contributed by atoms with Gasteiger partial charge in [0.2, 0.25) is 0 Å². The molecule has 0 heterocycles. The zero-order chi connectivity index (χ0) is 15.6. The minimum absolute atomic E-state index is 0.137. The first-order valence-electron chi connectivity index (χ1n) is 7.39. The number of benzene rings is 1. The van der Waals surface area contributed by atoms with Crippen molar-refractivity contribution in [3.63, 3.8) is 0 Å². The summed E-state index contributed by atoms with van der Waals surface area (Å²) in [7, 11) is 0. The molecule has 0 amide bonds. The van der Waals surface area contributed by atoms with E-state index in [-0.39, 0.29) is 12.2 Å². The van der Waals surface area contributed by atoms with E-state index in [1.807, 2.05) is 38.1 Å². The predicted octanol–water partition coefficient (Wildman–Crippen LogP) is 3.39. The summed E-state index contributed by atoms with van der Waals surface area (Å²) in [6, 6.07) is 7.95. The van der Waals surface area contributed by atoms with E-state index < -0.39 is 0 Å². The van der Waals surface area contributed by atoms with Crippen molar-refractivity contribution < 1.29 is 9.84 Å². The SMILES string of the molecule is CC(C)(CCO)Oc1ccc(CCN)cc1.CC(C)C. The summed E-state index contributed by atoms with van der Waals surface area (Å²) < 4.78 is 5.78. The number of ether oxygens (including phenoxy) is 1. The second-order valence-corrected chi connectivity index (χ2v) is 6.25. The van der Waals surface area contributed by atoms with Crippen LogP contribution in [0, 0.1) is 5.92 Å². The molecule has 0 bridgehead atoms. The fraction of sp³-hybridized carbons (Fsp3) is 0.647. The van der Waals surface area contributed by atoms with Gasteiger partial charge >= 0.3 is 0 Å². The van der Waals surface area contributed by atoms with E-state index in [9.17, 15) is 0 Å². The maximum absolute atomic E-state index is 8.90. The lowest BCUT2D eigenvalue weighted by Crippen LogP contribution is -2.29. The summed E-state index contributed by atoms with van der Waals surface area (Å²) in [5.41, 5.74) is 6.37. The van der Waals surface area contributed by atoms with Gasteiger partial charge in [0.05, 0.1) is 0 Å². The molecule has 0 radical (unpaired) electrons. The quantitative estimate of drug-likeness (QED) is 0.840. The minimum Gasteiger partial charge on any atom is -0.488 e. The average Bonchev–Trinajstić information content (AvgIpc) is 2.30. The second-order valence-electron chi connectivity index (χ2n) is 6.25. The van der Waals surface area contributed by atoms with E-state index in [2.05, 4.69) is 20.8 Å². The highest BCUT2D eigenvalue weighted by atomic mass is 16.5. The number of hydrogen-bond donors (Lipinski definition) is 2. The van der Waals surface area contributed by atoms with Gasteiger partial charge in [0.15, 0.2) is 0 Å². The Morgan fingerprint density at radius 2 is 1.65 bits per heavy atom. The zero-order valence-electron chi connectivity index (χ0n) is 13.6. The molecule has 0 spiro atoms. The van der Waals surface area contributed by atoms with Crippen LogP contribution >= 0.6 is 0 Å². The van der Waals surface area contributed by atoms with Gasteiger partial charge in [0, 0.05) is 13.0 Å². The topological polar surface area (TPSA) is 55.5 Å². The van der Waals surface area contributed by atoms with Crippen LogP contribution in [0.5, 0.6) is 5.75 Å². The third kappa shape index (κ3) is 9.82. The summed E-state index contributed by atoms with van der Waals surface area (Å²) in [6.45, 7) is 11.2. The van der Waals surface area contributed by atoms with Crippen LogP contribution in [0.15, 0.2) is 24.3 Å². The highest BCUT2D eigenvalue weighted by Gasteiger charge is 2.18. The Balaban J connectivity index is 0.000000796. The van der Waals surface area contributed by atoms with Gasteiger partial charge in [0.1, 0.15) is 11.4 Å². The molecule has 0 aliphatic rings. The molecule has 1 aromatic rings. The van der Waals surface area contributed by atoms with Crippen molar-refractivity contribution in [3.05, 3.63) is 29.8 Å². The van der Waals surface area contributed by atoms with E-state index in [0.717, 1.165) is 18.1 Å². The van der Waals surface area contributed by atoms with Gasteiger partial charge in [-0.25, -0.2) is 0 Å². The van der Waals surface area contributed by atoms with Crippen molar-refractivity contribution in [2.24, 2.45) is 11.7 Å². The van der Waals surface area contributed by atoms with Crippen LogP contribution in [0.25, 0.3) is 0 Å². The maximum atomic E-state index is 8.90. The lowest BCUT2D eigenvalue weighted by atomic mass is 10.1. The van der Waals surface area contributed by atoms with Crippen molar-refractivity contribution in [1.82, 2.24) is 0 Å². The van der Waals surface area contributed by atoms with Crippen molar-refractivity contribution in [2.45, 2.75) is 53.1 Å². The van der Waals surface area contributed by atoms with Gasteiger partial charge in [-0.3, -0.25) is 0 Å². The number of hydrogen-bond acceptors (Lipinski definition) is 3. The molecule has 0 fully saturated rings. The monoisotopic (exact) mass is 281 g/mol. The number of aliphatic hydroxyl groups excluding tert-OH is 1. The Labute approximate surface area is 124 Å². The summed E-state index contributed by atoms with van der Waals surface area (Å²) in [5.74, 6) is 1.67. The van der Waals surface area contributed by atoms with E-state index in [1.165, 1.54) is 5.56 Å². The molecule has 0 aliphatic carbocycles. The van der Waals surface area contributed by atoms with Crippen LogP contribution in [-0.2, 0) is 6.42 Å². The molecule has 0 aliphatic heterocycles. The van der Waals surface area contributed by atoms with Gasteiger partial charge in [-0.05, 0) is 50.4 Å². The van der Waals surface area contributed by atoms with Crippen molar-refractivity contribution >= 4 is 0 Å². The summed E-state index contributed by atoms with van der Waals surface area (Å²) in [5, 5.41) is 8.90. The molecular formula is C17H31NO2. The van der Waals surface area contributed by atoms with Crippen LogP contribution in [0.2, 0.25) is 0 Å². The Hall–Kier alpha value is -1.06. The normalized spacial score (nSPS) is 11.0. The Kier molecular flexibility index (Phi) is 9.26. The Bertz CT molecular complexity index is 342. The first kappa shape index (κ1) is 18.9. The summed E-state index contributed by atoms with van der Waals surface area (Å²) >= 11 is 0. The van der Waals surface area contributed by atoms with Gasteiger partial charge in [-0.2, -0.15) is 0 Å². The standard InChI is InChI=1S/C13H21NO2.C4H10/c1-13(2,8-10-15)16-12-5-3-11(4-6-12)7-9-14;1-4(2)3/h3-6,15H,7-10,14H2,1-2H3;4H,1-3H3. The molecule has 3 nitrogen and oxygen atoms in total. The second kappa shape index (κ2) is 9.78. The lowest BCUT2D eigenvalue weighted by Gasteiger charge is -2.25. The zero-order valence-corrected chi connectivity index (χ0v) is 13.6. The Morgan fingerprint density at radius 1 is 1.15 bits per heavy atom. The molecule has 1 aromatic carbocycles. The van der Waals surface area contributed by atoms with Crippen LogP contribution in [0.1, 0.15) is 46.6 Å². The molecule has 3 N–H and O–H groups in total. The number of rotatable bonds is 6. The van der Waals surface area contributed by atoms with Crippen LogP contribution < -0.4 is 10.5 Å². The largest absolute Gasteiger partial charge is 0.488 e. The van der Waals surface area contributed by atoms with Crippen LogP contribution in [0.3, 0.4) is 0 Å². The molecule has 1 rings (SSSR count). The Morgan fingerprint density at radius 3 is 2.05 bits per heavy atom. The highest BCUT2D eigenvalue weighted by Crippen LogP contribution is 2.21. The molecule has 116 valence electrons.